The molecule has 0 atom stereocenters. The average Bonchev–Trinajstić information content (AvgIpc) is 2.51. The molecular formula is C17H11Br2ClN2O2. The van der Waals surface area contributed by atoms with E-state index in [0.717, 1.165) is 9.86 Å². The van der Waals surface area contributed by atoms with Crippen LogP contribution in [-0.2, 0) is 0 Å². The first-order valence-corrected chi connectivity index (χ1v) is 8.85. The summed E-state index contributed by atoms with van der Waals surface area (Å²) in [6.45, 7) is 0. The number of carbonyl (C=O) groups excluding carboxylic acids is 1. The van der Waals surface area contributed by atoms with E-state index in [1.54, 1.807) is 42.5 Å². The van der Waals surface area contributed by atoms with Crippen molar-refractivity contribution >= 4 is 71.6 Å². The first kappa shape index (κ1) is 17.1. The largest absolute Gasteiger partial charge is 0.508 e. The molecule has 0 saturated carbocycles. The molecule has 4 nitrogen and oxygen atoms in total. The summed E-state index contributed by atoms with van der Waals surface area (Å²) in [6.07, 6.45) is 0. The zero-order chi connectivity index (χ0) is 17.3. The molecule has 0 unspecified atom stereocenters. The molecule has 3 aromatic carbocycles. The lowest BCUT2D eigenvalue weighted by atomic mass is 10.1. The lowest BCUT2D eigenvalue weighted by Crippen LogP contribution is -2.19. The van der Waals surface area contributed by atoms with E-state index in [2.05, 4.69) is 42.5 Å². The normalized spacial score (nSPS) is 10.6. The van der Waals surface area contributed by atoms with E-state index in [1.807, 2.05) is 6.07 Å². The van der Waals surface area contributed by atoms with Crippen molar-refractivity contribution in [2.24, 2.45) is 0 Å². The second kappa shape index (κ2) is 7.01. The summed E-state index contributed by atoms with van der Waals surface area (Å²) < 4.78 is 1.54. The van der Waals surface area contributed by atoms with E-state index >= 15 is 0 Å². The summed E-state index contributed by atoms with van der Waals surface area (Å²) >= 11 is 12.8. The maximum Gasteiger partial charge on any atom is 0.323 e. The van der Waals surface area contributed by atoms with Crippen LogP contribution >= 0.6 is 43.5 Å². The van der Waals surface area contributed by atoms with Gasteiger partial charge in [0.25, 0.3) is 0 Å². The van der Waals surface area contributed by atoms with Crippen molar-refractivity contribution in [1.82, 2.24) is 0 Å². The lowest BCUT2D eigenvalue weighted by Gasteiger charge is -2.14. The van der Waals surface area contributed by atoms with Gasteiger partial charge in [-0.3, -0.25) is 0 Å². The Morgan fingerprint density at radius 2 is 1.75 bits per heavy atom. The molecule has 0 fully saturated rings. The summed E-state index contributed by atoms with van der Waals surface area (Å²) in [7, 11) is 0. The van der Waals surface area contributed by atoms with Crippen molar-refractivity contribution < 1.29 is 9.90 Å². The summed E-state index contributed by atoms with van der Waals surface area (Å²) in [6, 6.07) is 13.3. The molecule has 0 aromatic heterocycles. The number of anilines is 2. The summed E-state index contributed by atoms with van der Waals surface area (Å²) in [5.74, 6) is 0.116. The van der Waals surface area contributed by atoms with E-state index < -0.39 is 6.03 Å². The number of hydrogen-bond donors (Lipinski definition) is 3. The van der Waals surface area contributed by atoms with Crippen molar-refractivity contribution in [3.63, 3.8) is 0 Å². The number of benzene rings is 3. The molecule has 0 spiro atoms. The molecule has 3 N–H and O–H groups in total. The van der Waals surface area contributed by atoms with Gasteiger partial charge in [0.15, 0.2) is 0 Å². The standard InChI is InChI=1S/C17H11Br2ClN2O2/c18-14-8-15(19)16(13-7-11(23)4-5-12(13)14)22-17(24)21-10-3-1-2-9(20)6-10/h1-8,23H,(H2,21,22,24). The number of rotatable bonds is 2. The monoisotopic (exact) mass is 468 g/mol. The van der Waals surface area contributed by atoms with E-state index in [1.165, 1.54) is 0 Å². The van der Waals surface area contributed by atoms with Gasteiger partial charge < -0.3 is 15.7 Å². The van der Waals surface area contributed by atoms with Crippen LogP contribution in [0.2, 0.25) is 5.02 Å². The van der Waals surface area contributed by atoms with Crippen molar-refractivity contribution in [3.8, 4) is 5.75 Å². The first-order valence-electron chi connectivity index (χ1n) is 6.88. The Kier molecular flexibility index (Phi) is 4.99. The second-order valence-electron chi connectivity index (χ2n) is 5.03. The third-order valence-corrected chi connectivity index (χ3v) is 4.86. The highest BCUT2D eigenvalue weighted by atomic mass is 79.9. The Labute approximate surface area is 160 Å². The number of halogens is 3. The van der Waals surface area contributed by atoms with Gasteiger partial charge in [0.05, 0.1) is 5.69 Å². The van der Waals surface area contributed by atoms with Gasteiger partial charge in [-0.15, -0.1) is 0 Å². The SMILES string of the molecule is O=C(Nc1cccc(Cl)c1)Nc1c(Br)cc(Br)c2ccc(O)cc12. The molecule has 0 heterocycles. The van der Waals surface area contributed by atoms with Crippen LogP contribution in [0.3, 0.4) is 0 Å². The van der Waals surface area contributed by atoms with Crippen LogP contribution in [0.4, 0.5) is 16.2 Å². The zero-order valence-corrected chi connectivity index (χ0v) is 16.0. The van der Waals surface area contributed by atoms with Gasteiger partial charge in [0.1, 0.15) is 5.75 Å². The van der Waals surface area contributed by atoms with Gasteiger partial charge in [0.2, 0.25) is 0 Å². The molecule has 0 saturated heterocycles. The second-order valence-corrected chi connectivity index (χ2v) is 7.18. The smallest absolute Gasteiger partial charge is 0.323 e. The van der Waals surface area contributed by atoms with E-state index in [0.29, 0.717) is 26.3 Å². The van der Waals surface area contributed by atoms with Crippen LogP contribution < -0.4 is 10.6 Å². The minimum Gasteiger partial charge on any atom is -0.508 e. The maximum absolute atomic E-state index is 12.3. The quantitative estimate of drug-likeness (QED) is 0.408. The van der Waals surface area contributed by atoms with Crippen LogP contribution in [0.15, 0.2) is 57.5 Å². The van der Waals surface area contributed by atoms with Crippen molar-refractivity contribution in [2.75, 3.05) is 10.6 Å². The number of phenolic OH excluding ortho intramolecular Hbond substituents is 1. The molecule has 0 radical (unpaired) electrons. The molecule has 0 bridgehead atoms. The van der Waals surface area contributed by atoms with Gasteiger partial charge in [0, 0.05) is 25.0 Å². The Morgan fingerprint density at radius 1 is 0.958 bits per heavy atom. The third-order valence-electron chi connectivity index (χ3n) is 3.34. The van der Waals surface area contributed by atoms with Gasteiger partial charge >= 0.3 is 6.03 Å². The van der Waals surface area contributed by atoms with Crippen molar-refractivity contribution in [2.45, 2.75) is 0 Å². The van der Waals surface area contributed by atoms with Crippen LogP contribution in [-0.4, -0.2) is 11.1 Å². The van der Waals surface area contributed by atoms with Crippen LogP contribution in [0.25, 0.3) is 10.8 Å². The molecule has 2 amide bonds. The molecule has 122 valence electrons. The summed E-state index contributed by atoms with van der Waals surface area (Å²) in [4.78, 5) is 12.3. The summed E-state index contributed by atoms with van der Waals surface area (Å²) in [5, 5.41) is 17.4. The third kappa shape index (κ3) is 3.66. The highest BCUT2D eigenvalue weighted by Crippen LogP contribution is 2.38. The van der Waals surface area contributed by atoms with E-state index in [-0.39, 0.29) is 5.75 Å². The number of hydrogen-bond acceptors (Lipinski definition) is 2. The Hall–Kier alpha value is -1.76. The fraction of sp³-hybridized carbons (Fsp3) is 0. The molecule has 0 aliphatic rings. The fourth-order valence-electron chi connectivity index (χ4n) is 2.31. The van der Waals surface area contributed by atoms with E-state index in [4.69, 9.17) is 11.6 Å². The number of aromatic hydroxyl groups is 1. The average molecular weight is 471 g/mol. The topological polar surface area (TPSA) is 61.4 Å². The number of amides is 2. The van der Waals surface area contributed by atoms with Gasteiger partial charge in [-0.05, 0) is 63.8 Å². The predicted octanol–water partition coefficient (Wildman–Crippen LogP) is 6.37. The molecule has 0 aliphatic heterocycles. The van der Waals surface area contributed by atoms with Gasteiger partial charge in [-0.2, -0.15) is 0 Å². The molecule has 0 aliphatic carbocycles. The highest BCUT2D eigenvalue weighted by Gasteiger charge is 2.13. The van der Waals surface area contributed by atoms with Gasteiger partial charge in [-0.1, -0.05) is 33.6 Å². The Bertz CT molecular complexity index is 947. The minimum atomic E-state index is -0.412. The maximum atomic E-state index is 12.3. The number of carbonyl (C=O) groups is 1. The number of nitrogens with one attached hydrogen (secondary N) is 2. The lowest BCUT2D eigenvalue weighted by molar-refractivity contribution is 0.262. The van der Waals surface area contributed by atoms with Crippen molar-refractivity contribution in [3.05, 3.63) is 62.5 Å². The van der Waals surface area contributed by atoms with E-state index in [9.17, 15) is 9.90 Å². The fourth-order valence-corrected chi connectivity index (χ4v) is 3.92. The molecular weight excluding hydrogens is 459 g/mol. The molecule has 24 heavy (non-hydrogen) atoms. The predicted molar refractivity (Wildman–Crippen MR) is 105 cm³/mol. The highest BCUT2D eigenvalue weighted by molar-refractivity contribution is 9.11. The van der Waals surface area contributed by atoms with Gasteiger partial charge in [-0.25, -0.2) is 4.79 Å². The van der Waals surface area contributed by atoms with Crippen LogP contribution in [0.5, 0.6) is 5.75 Å². The molecule has 3 rings (SSSR count). The summed E-state index contributed by atoms with van der Waals surface area (Å²) in [5.41, 5.74) is 1.14. The Balaban J connectivity index is 1.94. The molecule has 7 heteroatoms. The minimum absolute atomic E-state index is 0.116. The number of urea groups is 1. The first-order chi connectivity index (χ1) is 11.4. The van der Waals surface area contributed by atoms with Crippen LogP contribution in [0.1, 0.15) is 0 Å². The number of fused-ring (bicyclic) bond motifs is 1. The molecule has 3 aromatic rings. The number of phenols is 1. The zero-order valence-electron chi connectivity index (χ0n) is 12.1. The Morgan fingerprint density at radius 3 is 2.50 bits per heavy atom. The van der Waals surface area contributed by atoms with Crippen molar-refractivity contribution in [1.29, 1.82) is 0 Å². The van der Waals surface area contributed by atoms with Crippen LogP contribution in [0, 0.1) is 0 Å².